The van der Waals surface area contributed by atoms with E-state index in [1.54, 1.807) is 6.92 Å². The summed E-state index contributed by atoms with van der Waals surface area (Å²) in [6.07, 6.45) is -0.0839. The molecule has 3 aromatic carbocycles. The van der Waals surface area contributed by atoms with Gasteiger partial charge in [-0.25, -0.2) is 0 Å². The van der Waals surface area contributed by atoms with Crippen LogP contribution in [0.5, 0.6) is 0 Å². The maximum atomic E-state index is 12.9. The van der Waals surface area contributed by atoms with E-state index in [1.165, 1.54) is 0 Å². The molecule has 0 heterocycles. The van der Waals surface area contributed by atoms with Crippen LogP contribution in [-0.2, 0) is 9.53 Å². The van der Waals surface area contributed by atoms with Crippen LogP contribution in [0.2, 0.25) is 0 Å². The molecule has 0 aliphatic rings. The minimum atomic E-state index is -2.43. The van der Waals surface area contributed by atoms with E-state index in [4.69, 9.17) is 4.74 Å². The Hall–Kier alpha value is -2.41. The fourth-order valence-corrected chi connectivity index (χ4v) is 7.67. The average Bonchev–Trinajstić information content (AvgIpc) is 2.70. The Morgan fingerprint density at radius 3 is 1.30 bits per heavy atom. The molecule has 0 saturated heterocycles. The van der Waals surface area contributed by atoms with Crippen molar-refractivity contribution in [3.05, 3.63) is 91.0 Å². The first kappa shape index (κ1) is 19.4. The summed E-state index contributed by atoms with van der Waals surface area (Å²) in [5.41, 5.74) is 0.557. The summed E-state index contributed by atoms with van der Waals surface area (Å²) in [7, 11) is 0. The molecule has 3 rings (SSSR count). The van der Waals surface area contributed by atoms with Crippen molar-refractivity contribution in [1.82, 2.24) is 0 Å². The Morgan fingerprint density at radius 1 is 0.704 bits per heavy atom. The molecule has 27 heavy (non-hydrogen) atoms. The van der Waals surface area contributed by atoms with E-state index in [1.807, 2.05) is 68.4 Å². The van der Waals surface area contributed by atoms with Crippen molar-refractivity contribution in [2.75, 3.05) is 0 Å². The largest absolute Gasteiger partial charge is 0.339 e. The highest BCUT2D eigenvalue weighted by atomic mass is 31.2. The summed E-state index contributed by atoms with van der Waals surface area (Å²) in [4.78, 5) is 12.9. The van der Waals surface area contributed by atoms with Crippen LogP contribution in [0, 0.1) is 0 Å². The standard InChI is InChI=1S/C24H25O2P/c1-19(2)26-24(20(3)25)27(21-13-7-4-8-14-21,22-15-9-5-10-16-22)23-17-11-6-12-18-23/h4-19H,1-3H3. The van der Waals surface area contributed by atoms with Gasteiger partial charge in [-0.05, 0) is 29.8 Å². The first-order valence-corrected chi connectivity index (χ1v) is 11.0. The Morgan fingerprint density at radius 2 is 1.04 bits per heavy atom. The lowest BCUT2D eigenvalue weighted by atomic mass is 10.4. The Bertz CT molecular complexity index is 842. The van der Waals surface area contributed by atoms with E-state index < -0.39 is 6.89 Å². The molecule has 0 aromatic heterocycles. The molecule has 0 unspecified atom stereocenters. The van der Waals surface area contributed by atoms with Crippen LogP contribution in [0.15, 0.2) is 91.0 Å². The van der Waals surface area contributed by atoms with Gasteiger partial charge < -0.3 is 4.74 Å². The molecule has 0 saturated carbocycles. The third-order valence-electron chi connectivity index (χ3n) is 4.38. The number of Topliss-reactive ketones (excluding diaryl/α,β-unsaturated/α-hetero) is 1. The summed E-state index contributed by atoms with van der Waals surface area (Å²) in [5, 5.41) is 3.36. The van der Waals surface area contributed by atoms with Crippen LogP contribution in [0.25, 0.3) is 0 Å². The normalized spacial score (nSPS) is 11.4. The Balaban J connectivity index is 2.56. The number of ketones is 1. The van der Waals surface area contributed by atoms with Gasteiger partial charge in [0.15, 0.2) is 5.78 Å². The summed E-state index contributed by atoms with van der Waals surface area (Å²) in [6, 6.07) is 30.9. The molecule has 0 bridgehead atoms. The zero-order chi connectivity index (χ0) is 19.3. The number of hydrogen-bond donors (Lipinski definition) is 0. The highest BCUT2D eigenvalue weighted by Gasteiger charge is 2.33. The van der Waals surface area contributed by atoms with Crippen LogP contribution >= 0.6 is 6.89 Å². The van der Waals surface area contributed by atoms with Gasteiger partial charge in [-0.2, -0.15) is 0 Å². The van der Waals surface area contributed by atoms with Gasteiger partial charge in [0, 0.05) is 13.8 Å². The van der Waals surface area contributed by atoms with Crippen molar-refractivity contribution in [2.45, 2.75) is 26.9 Å². The number of hydrogen-bond acceptors (Lipinski definition) is 2. The van der Waals surface area contributed by atoms with Crippen LogP contribution in [0.3, 0.4) is 0 Å². The van der Waals surface area contributed by atoms with Gasteiger partial charge in [0.1, 0.15) is 5.48 Å². The van der Waals surface area contributed by atoms with E-state index in [2.05, 4.69) is 36.4 Å². The molecule has 2 nitrogen and oxygen atoms in total. The summed E-state index contributed by atoms with van der Waals surface area (Å²) < 4.78 is 6.26. The fraction of sp³-hybridized carbons (Fsp3) is 0.167. The van der Waals surface area contributed by atoms with Gasteiger partial charge in [0.25, 0.3) is 0 Å². The quantitative estimate of drug-likeness (QED) is 0.605. The maximum absolute atomic E-state index is 12.9. The first-order chi connectivity index (χ1) is 13.1. The van der Waals surface area contributed by atoms with E-state index in [0.29, 0.717) is 5.48 Å². The summed E-state index contributed by atoms with van der Waals surface area (Å²) in [5.74, 6) is -0.0198. The molecular weight excluding hydrogens is 351 g/mol. The van der Waals surface area contributed by atoms with E-state index >= 15 is 0 Å². The van der Waals surface area contributed by atoms with E-state index in [9.17, 15) is 4.79 Å². The van der Waals surface area contributed by atoms with Gasteiger partial charge in [-0.1, -0.05) is 91.0 Å². The lowest BCUT2D eigenvalue weighted by molar-refractivity contribution is -0.112. The number of ether oxygens (including phenoxy) is 1. The molecule has 0 atom stereocenters. The minimum Gasteiger partial charge on any atom is -0.339 e. The first-order valence-electron chi connectivity index (χ1n) is 9.18. The SMILES string of the molecule is CC(=O)C(OC(C)C)=P(c1ccccc1)(c1ccccc1)c1ccccc1. The van der Waals surface area contributed by atoms with E-state index in [-0.39, 0.29) is 11.9 Å². The topological polar surface area (TPSA) is 26.3 Å². The number of carbonyl (C=O) groups excluding carboxylic acids is 1. The van der Waals surface area contributed by atoms with Crippen LogP contribution in [0.4, 0.5) is 0 Å². The number of rotatable bonds is 6. The predicted octanol–water partition coefficient (Wildman–Crippen LogP) is 4.12. The molecule has 0 N–H and O–H groups in total. The third kappa shape index (κ3) is 3.83. The monoisotopic (exact) mass is 376 g/mol. The lowest BCUT2D eigenvalue weighted by Crippen LogP contribution is -2.35. The highest BCUT2D eigenvalue weighted by Crippen LogP contribution is 2.46. The van der Waals surface area contributed by atoms with Gasteiger partial charge in [-0.15, -0.1) is 0 Å². The molecule has 0 aliphatic heterocycles. The second-order valence-electron chi connectivity index (χ2n) is 6.71. The molecule has 3 heteroatoms. The number of carbonyl (C=O) groups is 1. The van der Waals surface area contributed by atoms with Gasteiger partial charge in [0.05, 0.1) is 6.10 Å². The predicted molar refractivity (Wildman–Crippen MR) is 117 cm³/mol. The van der Waals surface area contributed by atoms with Crippen molar-refractivity contribution < 1.29 is 9.53 Å². The molecule has 0 amide bonds. The Kier molecular flexibility index (Phi) is 6.11. The van der Waals surface area contributed by atoms with Gasteiger partial charge >= 0.3 is 0 Å². The zero-order valence-electron chi connectivity index (χ0n) is 16.0. The zero-order valence-corrected chi connectivity index (χ0v) is 16.9. The van der Waals surface area contributed by atoms with E-state index in [0.717, 1.165) is 15.9 Å². The molecular formula is C24H25O2P. The highest BCUT2D eigenvalue weighted by molar-refractivity contribution is 7.96. The fourth-order valence-electron chi connectivity index (χ4n) is 3.38. The second kappa shape index (κ2) is 8.52. The van der Waals surface area contributed by atoms with Crippen molar-refractivity contribution >= 4 is 34.1 Å². The summed E-state index contributed by atoms with van der Waals surface area (Å²) in [6.45, 7) is 3.13. The van der Waals surface area contributed by atoms with Crippen LogP contribution in [0.1, 0.15) is 20.8 Å². The van der Waals surface area contributed by atoms with Crippen molar-refractivity contribution in [3.8, 4) is 0 Å². The average molecular weight is 376 g/mol. The second-order valence-corrected chi connectivity index (χ2v) is 10.0. The van der Waals surface area contributed by atoms with Crippen molar-refractivity contribution in [1.29, 1.82) is 0 Å². The maximum Gasteiger partial charge on any atom is 0.183 e. The molecule has 0 radical (unpaired) electrons. The van der Waals surface area contributed by atoms with Crippen molar-refractivity contribution in [3.63, 3.8) is 0 Å². The molecule has 0 aliphatic carbocycles. The Labute approximate surface area is 161 Å². The van der Waals surface area contributed by atoms with Gasteiger partial charge in [0.2, 0.25) is 0 Å². The lowest BCUT2D eigenvalue weighted by Gasteiger charge is -2.32. The molecule has 0 fully saturated rings. The van der Waals surface area contributed by atoms with Crippen molar-refractivity contribution in [2.24, 2.45) is 0 Å². The molecule has 3 aromatic rings. The minimum absolute atomic E-state index is 0.0198. The molecule has 0 spiro atoms. The van der Waals surface area contributed by atoms with Crippen LogP contribution < -0.4 is 15.9 Å². The summed E-state index contributed by atoms with van der Waals surface area (Å²) >= 11 is 0. The smallest absolute Gasteiger partial charge is 0.183 e. The van der Waals surface area contributed by atoms with Crippen LogP contribution in [-0.4, -0.2) is 17.4 Å². The third-order valence-corrected chi connectivity index (χ3v) is 8.63. The number of benzene rings is 3. The van der Waals surface area contributed by atoms with Gasteiger partial charge in [-0.3, -0.25) is 4.79 Å². The molecule has 138 valence electrons.